The van der Waals surface area contributed by atoms with Gasteiger partial charge in [0.2, 0.25) is 0 Å². The predicted molar refractivity (Wildman–Crippen MR) is 96.1 cm³/mol. The zero-order chi connectivity index (χ0) is 17.6. The lowest BCUT2D eigenvalue weighted by Gasteiger charge is -2.47. The van der Waals surface area contributed by atoms with Crippen molar-refractivity contribution in [3.63, 3.8) is 0 Å². The van der Waals surface area contributed by atoms with Crippen LogP contribution in [0.25, 0.3) is 0 Å². The average Bonchev–Trinajstić information content (AvgIpc) is 2.47. The average molecular weight is 333 g/mol. The molecule has 2 rings (SSSR count). The van der Waals surface area contributed by atoms with Gasteiger partial charge in [-0.3, -0.25) is 4.79 Å². The molecule has 0 amide bonds. The highest BCUT2D eigenvalue weighted by molar-refractivity contribution is 5.69. The van der Waals surface area contributed by atoms with Crippen LogP contribution in [-0.4, -0.2) is 25.2 Å². The maximum atomic E-state index is 11.3. The molecule has 2 N–H and O–H groups in total. The fraction of sp³-hybridized carbons (Fsp3) is 0.650. The first kappa shape index (κ1) is 18.8. The van der Waals surface area contributed by atoms with Crippen LogP contribution in [0.15, 0.2) is 24.3 Å². The molecule has 0 bridgehead atoms. The second-order valence-corrected chi connectivity index (χ2v) is 7.17. The molecule has 0 aliphatic heterocycles. The van der Waals surface area contributed by atoms with Crippen molar-refractivity contribution in [2.75, 3.05) is 13.2 Å². The van der Waals surface area contributed by atoms with Crippen LogP contribution in [0.1, 0.15) is 58.4 Å². The highest BCUT2D eigenvalue weighted by Gasteiger charge is 2.43. The summed E-state index contributed by atoms with van der Waals surface area (Å²) < 4.78 is 10.5. The fourth-order valence-corrected chi connectivity index (χ4v) is 3.53. The summed E-state index contributed by atoms with van der Waals surface area (Å²) in [5, 5.41) is 0. The first-order chi connectivity index (χ1) is 11.5. The molecule has 1 atom stereocenters. The van der Waals surface area contributed by atoms with Gasteiger partial charge in [0.05, 0.1) is 19.6 Å². The minimum Gasteiger partial charge on any atom is -0.493 e. The third-order valence-electron chi connectivity index (χ3n) is 4.99. The molecule has 1 unspecified atom stereocenters. The van der Waals surface area contributed by atoms with Crippen LogP contribution in [0.2, 0.25) is 0 Å². The van der Waals surface area contributed by atoms with E-state index < -0.39 is 0 Å². The van der Waals surface area contributed by atoms with Crippen LogP contribution in [0.4, 0.5) is 0 Å². The Morgan fingerprint density at radius 1 is 1.25 bits per heavy atom. The van der Waals surface area contributed by atoms with E-state index in [0.29, 0.717) is 19.1 Å². The molecule has 0 spiro atoms. The summed E-state index contributed by atoms with van der Waals surface area (Å²) in [5.74, 6) is 1.18. The van der Waals surface area contributed by atoms with Crippen LogP contribution in [0.5, 0.6) is 5.75 Å². The van der Waals surface area contributed by atoms with Crippen LogP contribution in [-0.2, 0) is 14.9 Å². The van der Waals surface area contributed by atoms with Gasteiger partial charge < -0.3 is 15.2 Å². The van der Waals surface area contributed by atoms with E-state index >= 15 is 0 Å². The Bertz CT molecular complexity index is 520. The number of benzene rings is 1. The zero-order valence-corrected chi connectivity index (χ0v) is 15.2. The molecule has 1 aliphatic carbocycles. The summed E-state index contributed by atoms with van der Waals surface area (Å²) in [6.07, 6.45) is 4.92. The highest BCUT2D eigenvalue weighted by Crippen LogP contribution is 2.47. The Hall–Kier alpha value is -1.55. The van der Waals surface area contributed by atoms with Gasteiger partial charge in [0, 0.05) is 11.5 Å². The molecule has 4 nitrogen and oxygen atoms in total. The van der Waals surface area contributed by atoms with Gasteiger partial charge in [-0.2, -0.15) is 0 Å². The van der Waals surface area contributed by atoms with Gasteiger partial charge in [0.1, 0.15) is 5.75 Å². The summed E-state index contributed by atoms with van der Waals surface area (Å²) >= 11 is 0. The van der Waals surface area contributed by atoms with E-state index in [0.717, 1.165) is 12.2 Å². The molecule has 0 aromatic heterocycles. The van der Waals surface area contributed by atoms with Crippen molar-refractivity contribution in [2.24, 2.45) is 11.7 Å². The Balaban J connectivity index is 1.94. The first-order valence-electron chi connectivity index (χ1n) is 9.12. The summed E-state index contributed by atoms with van der Waals surface area (Å²) in [5.41, 5.74) is 8.00. The second kappa shape index (κ2) is 8.52. The van der Waals surface area contributed by atoms with E-state index in [1.165, 1.54) is 24.8 Å². The molecule has 0 heterocycles. The van der Waals surface area contributed by atoms with Crippen molar-refractivity contribution in [3.8, 4) is 5.75 Å². The number of nitrogens with two attached hydrogens (primary N) is 1. The summed E-state index contributed by atoms with van der Waals surface area (Å²) in [4.78, 5) is 11.3. The highest BCUT2D eigenvalue weighted by atomic mass is 16.5. The Kier molecular flexibility index (Phi) is 6.67. The normalized spacial score (nSPS) is 17.2. The van der Waals surface area contributed by atoms with Crippen molar-refractivity contribution in [1.29, 1.82) is 0 Å². The fourth-order valence-electron chi connectivity index (χ4n) is 3.53. The van der Waals surface area contributed by atoms with E-state index in [-0.39, 0.29) is 23.8 Å². The monoisotopic (exact) mass is 333 g/mol. The zero-order valence-electron chi connectivity index (χ0n) is 15.2. The molecule has 1 aliphatic rings. The Morgan fingerprint density at radius 3 is 2.42 bits per heavy atom. The van der Waals surface area contributed by atoms with E-state index in [9.17, 15) is 4.79 Å². The number of hydrogen-bond acceptors (Lipinski definition) is 4. The van der Waals surface area contributed by atoms with Gasteiger partial charge in [-0.1, -0.05) is 32.4 Å². The van der Waals surface area contributed by atoms with E-state index in [2.05, 4.69) is 26.0 Å². The third kappa shape index (κ3) is 4.50. The summed E-state index contributed by atoms with van der Waals surface area (Å²) in [6, 6.07) is 8.46. The molecule has 1 aromatic carbocycles. The molecular formula is C20H31NO3. The molecular weight excluding hydrogens is 302 g/mol. The first-order valence-corrected chi connectivity index (χ1v) is 9.12. The number of esters is 1. The number of ether oxygens (including phenoxy) is 2. The van der Waals surface area contributed by atoms with Crippen molar-refractivity contribution >= 4 is 5.97 Å². The number of carbonyl (C=O) groups is 1. The number of rotatable bonds is 9. The Morgan fingerprint density at radius 2 is 1.92 bits per heavy atom. The van der Waals surface area contributed by atoms with Gasteiger partial charge in [-0.05, 0) is 49.8 Å². The number of hydrogen-bond donors (Lipinski definition) is 1. The largest absolute Gasteiger partial charge is 0.493 e. The van der Waals surface area contributed by atoms with Crippen molar-refractivity contribution in [2.45, 2.75) is 64.3 Å². The molecule has 134 valence electrons. The number of carbonyl (C=O) groups excluding carboxylic acids is 1. The van der Waals surface area contributed by atoms with E-state index in [1.807, 2.05) is 12.1 Å². The molecule has 1 fully saturated rings. The lowest BCUT2D eigenvalue weighted by molar-refractivity contribution is -0.143. The SMILES string of the molecule is CCOC(=O)CCOc1ccc(C2(C(N)CC(C)C)CCC2)cc1. The summed E-state index contributed by atoms with van der Waals surface area (Å²) in [7, 11) is 0. The van der Waals surface area contributed by atoms with Gasteiger partial charge in [0.25, 0.3) is 0 Å². The molecule has 0 radical (unpaired) electrons. The maximum Gasteiger partial charge on any atom is 0.309 e. The lowest BCUT2D eigenvalue weighted by atomic mass is 9.59. The molecule has 4 heteroatoms. The van der Waals surface area contributed by atoms with Crippen LogP contribution in [0.3, 0.4) is 0 Å². The van der Waals surface area contributed by atoms with Crippen LogP contribution >= 0.6 is 0 Å². The standard InChI is InChI=1S/C20H31NO3/c1-4-23-19(22)10-13-24-17-8-6-16(7-9-17)20(11-5-12-20)18(21)14-15(2)3/h6-9,15,18H,4-5,10-14,21H2,1-3H3. The van der Waals surface area contributed by atoms with Crippen LogP contribution < -0.4 is 10.5 Å². The quantitative estimate of drug-likeness (QED) is 0.698. The van der Waals surface area contributed by atoms with Crippen molar-refractivity contribution in [1.82, 2.24) is 0 Å². The summed E-state index contributed by atoms with van der Waals surface area (Å²) in [6.45, 7) is 7.01. The van der Waals surface area contributed by atoms with Gasteiger partial charge in [-0.25, -0.2) is 0 Å². The lowest BCUT2D eigenvalue weighted by Crippen LogP contribution is -2.50. The van der Waals surface area contributed by atoms with E-state index in [4.69, 9.17) is 15.2 Å². The predicted octanol–water partition coefficient (Wildman–Crippen LogP) is 3.81. The topological polar surface area (TPSA) is 61.5 Å². The smallest absolute Gasteiger partial charge is 0.309 e. The molecule has 0 saturated heterocycles. The van der Waals surface area contributed by atoms with E-state index in [1.54, 1.807) is 6.92 Å². The molecule has 1 saturated carbocycles. The third-order valence-corrected chi connectivity index (χ3v) is 4.99. The van der Waals surface area contributed by atoms with Crippen LogP contribution in [0, 0.1) is 5.92 Å². The van der Waals surface area contributed by atoms with Gasteiger partial charge >= 0.3 is 5.97 Å². The minimum absolute atomic E-state index is 0.133. The maximum absolute atomic E-state index is 11.3. The molecule has 1 aromatic rings. The minimum atomic E-state index is -0.220. The van der Waals surface area contributed by atoms with Crippen molar-refractivity contribution < 1.29 is 14.3 Å². The van der Waals surface area contributed by atoms with Gasteiger partial charge in [0.15, 0.2) is 0 Å². The van der Waals surface area contributed by atoms with Gasteiger partial charge in [-0.15, -0.1) is 0 Å². The molecule has 24 heavy (non-hydrogen) atoms. The van der Waals surface area contributed by atoms with Crippen molar-refractivity contribution in [3.05, 3.63) is 29.8 Å². The Labute approximate surface area is 145 Å². The second-order valence-electron chi connectivity index (χ2n) is 7.17.